The van der Waals surface area contributed by atoms with Crippen molar-refractivity contribution in [3.05, 3.63) is 224 Å². The molecule has 0 saturated carbocycles. The van der Waals surface area contributed by atoms with E-state index in [1.54, 1.807) is 0 Å². The molecule has 1 heterocycles. The van der Waals surface area contributed by atoms with Crippen molar-refractivity contribution in [2.45, 2.75) is 0 Å². The van der Waals surface area contributed by atoms with Crippen molar-refractivity contribution >= 4 is 82.1 Å². The van der Waals surface area contributed by atoms with Crippen LogP contribution in [0.4, 0.5) is 17.1 Å². The van der Waals surface area contributed by atoms with E-state index in [9.17, 15) is 0 Å². The Labute approximate surface area is 347 Å². The Hall–Kier alpha value is -7.94. The largest absolute Gasteiger partial charge is 0.453 e. The van der Waals surface area contributed by atoms with Crippen molar-refractivity contribution in [3.63, 3.8) is 0 Å². The third-order valence-electron chi connectivity index (χ3n) is 12.2. The van der Waals surface area contributed by atoms with Gasteiger partial charge in [0.25, 0.3) is 0 Å². The summed E-state index contributed by atoms with van der Waals surface area (Å²) in [5, 5.41) is 12.1. The van der Waals surface area contributed by atoms with E-state index in [2.05, 4.69) is 229 Å². The molecule has 0 aliphatic heterocycles. The van der Waals surface area contributed by atoms with Gasteiger partial charge in [-0.05, 0) is 102 Å². The minimum absolute atomic E-state index is 0.844. The van der Waals surface area contributed by atoms with Crippen molar-refractivity contribution in [2.75, 3.05) is 4.90 Å². The number of hydrogen-bond acceptors (Lipinski definition) is 2. The van der Waals surface area contributed by atoms with Crippen LogP contribution in [0.5, 0.6) is 0 Å². The maximum Gasteiger partial charge on any atom is 0.159 e. The van der Waals surface area contributed by atoms with Gasteiger partial charge in [-0.25, -0.2) is 0 Å². The SMILES string of the molecule is c1ccc(-c2ccc(N(c3ccccc3-c3ccccc3)c3cccc4c3oc3c(-c5ccc6c7ccccc7c7ccccc7c6c5)c5ccccc5cc34)cc2)cc1. The summed E-state index contributed by atoms with van der Waals surface area (Å²) in [6.45, 7) is 0. The fraction of sp³-hybridized carbons (Fsp3) is 0. The molecular formula is C58H37NO. The van der Waals surface area contributed by atoms with E-state index < -0.39 is 0 Å². The summed E-state index contributed by atoms with van der Waals surface area (Å²) >= 11 is 0. The van der Waals surface area contributed by atoms with Crippen LogP contribution >= 0.6 is 0 Å². The summed E-state index contributed by atoms with van der Waals surface area (Å²) in [5.41, 5.74) is 11.7. The molecule has 2 nitrogen and oxygen atoms in total. The first-order valence-electron chi connectivity index (χ1n) is 20.6. The van der Waals surface area contributed by atoms with Crippen LogP contribution in [0.2, 0.25) is 0 Å². The number of furan rings is 1. The second-order valence-electron chi connectivity index (χ2n) is 15.6. The molecule has 280 valence electrons. The van der Waals surface area contributed by atoms with Crippen LogP contribution in [0, 0.1) is 0 Å². The fourth-order valence-electron chi connectivity index (χ4n) is 9.48. The summed E-state index contributed by atoms with van der Waals surface area (Å²) < 4.78 is 7.37. The number of para-hydroxylation sites is 2. The molecule has 11 aromatic carbocycles. The molecule has 0 fully saturated rings. The maximum atomic E-state index is 7.37. The van der Waals surface area contributed by atoms with Crippen LogP contribution in [0.25, 0.3) is 98.4 Å². The molecule has 0 aliphatic rings. The predicted octanol–water partition coefficient (Wildman–Crippen LogP) is 16.7. The summed E-state index contributed by atoms with van der Waals surface area (Å²) in [6.07, 6.45) is 0. The molecule has 0 amide bonds. The molecule has 0 spiro atoms. The monoisotopic (exact) mass is 763 g/mol. The fourth-order valence-corrected chi connectivity index (χ4v) is 9.48. The standard InChI is InChI=1S/C58H37NO/c1-3-16-38(17-4-1)39-30-33-43(34-31-39)59(54-28-14-13-21-44(54)40-18-5-2-6-19-40)55-29-15-27-51-53-36-41-20-7-8-22-45(41)56(58(53)60-57(51)55)42-32-35-50-48-25-10-9-23-46(48)47-24-11-12-26-49(47)52(50)37-42/h1-37H. The van der Waals surface area contributed by atoms with Gasteiger partial charge in [0.05, 0.1) is 11.4 Å². The average Bonchev–Trinajstić information content (AvgIpc) is 3.70. The Kier molecular flexibility index (Phi) is 7.89. The van der Waals surface area contributed by atoms with E-state index in [-0.39, 0.29) is 0 Å². The smallest absolute Gasteiger partial charge is 0.159 e. The van der Waals surface area contributed by atoms with E-state index in [1.807, 2.05) is 0 Å². The molecular weight excluding hydrogens is 727 g/mol. The van der Waals surface area contributed by atoms with Gasteiger partial charge in [0.1, 0.15) is 5.58 Å². The van der Waals surface area contributed by atoms with Gasteiger partial charge in [-0.1, -0.05) is 188 Å². The van der Waals surface area contributed by atoms with E-state index in [1.165, 1.54) is 48.8 Å². The van der Waals surface area contributed by atoms with Gasteiger partial charge < -0.3 is 9.32 Å². The Morgan fingerprint density at radius 1 is 0.283 bits per heavy atom. The first-order chi connectivity index (χ1) is 29.8. The maximum absolute atomic E-state index is 7.37. The van der Waals surface area contributed by atoms with Crippen LogP contribution in [0.15, 0.2) is 229 Å². The predicted molar refractivity (Wildman–Crippen MR) is 255 cm³/mol. The zero-order valence-corrected chi connectivity index (χ0v) is 32.7. The Morgan fingerprint density at radius 2 is 0.800 bits per heavy atom. The first kappa shape index (κ1) is 34.1. The minimum atomic E-state index is 0.844. The van der Waals surface area contributed by atoms with Crippen LogP contribution in [-0.4, -0.2) is 0 Å². The van der Waals surface area contributed by atoms with E-state index in [0.29, 0.717) is 0 Å². The van der Waals surface area contributed by atoms with Gasteiger partial charge in [0, 0.05) is 27.6 Å². The Balaban J connectivity index is 1.13. The molecule has 0 N–H and O–H groups in total. The van der Waals surface area contributed by atoms with Gasteiger partial charge in [-0.2, -0.15) is 0 Å². The molecule has 60 heavy (non-hydrogen) atoms. The molecule has 2 heteroatoms. The first-order valence-corrected chi connectivity index (χ1v) is 20.6. The van der Waals surface area contributed by atoms with Gasteiger partial charge in [0.2, 0.25) is 0 Å². The van der Waals surface area contributed by atoms with Crippen molar-refractivity contribution in [1.82, 2.24) is 0 Å². The molecule has 0 aliphatic carbocycles. The zero-order chi connectivity index (χ0) is 39.6. The lowest BCUT2D eigenvalue weighted by Gasteiger charge is -2.28. The Morgan fingerprint density at radius 3 is 1.52 bits per heavy atom. The summed E-state index contributed by atoms with van der Waals surface area (Å²) in [6, 6.07) is 81.0. The molecule has 1 aromatic heterocycles. The van der Waals surface area contributed by atoms with E-state index in [0.717, 1.165) is 66.6 Å². The third-order valence-corrected chi connectivity index (χ3v) is 12.2. The minimum Gasteiger partial charge on any atom is -0.453 e. The number of fused-ring (bicyclic) bond motifs is 10. The third kappa shape index (κ3) is 5.42. The topological polar surface area (TPSA) is 16.4 Å². The van der Waals surface area contributed by atoms with E-state index in [4.69, 9.17) is 4.42 Å². The number of benzene rings is 11. The van der Waals surface area contributed by atoms with Crippen molar-refractivity contribution < 1.29 is 4.42 Å². The number of nitrogens with zero attached hydrogens (tertiary/aromatic N) is 1. The highest BCUT2D eigenvalue weighted by atomic mass is 16.3. The van der Waals surface area contributed by atoms with Crippen LogP contribution in [0.1, 0.15) is 0 Å². The quantitative estimate of drug-likeness (QED) is 0.157. The molecule has 0 atom stereocenters. The van der Waals surface area contributed by atoms with Crippen LogP contribution in [-0.2, 0) is 0 Å². The average molecular weight is 764 g/mol. The molecule has 12 aromatic rings. The molecule has 0 saturated heterocycles. The van der Waals surface area contributed by atoms with Crippen LogP contribution < -0.4 is 4.90 Å². The number of rotatable bonds is 6. The highest BCUT2D eigenvalue weighted by Crippen LogP contribution is 2.49. The van der Waals surface area contributed by atoms with Crippen molar-refractivity contribution in [3.8, 4) is 33.4 Å². The van der Waals surface area contributed by atoms with Crippen molar-refractivity contribution in [1.29, 1.82) is 0 Å². The second-order valence-corrected chi connectivity index (χ2v) is 15.6. The number of hydrogen-bond donors (Lipinski definition) is 0. The zero-order valence-electron chi connectivity index (χ0n) is 32.7. The van der Waals surface area contributed by atoms with Gasteiger partial charge in [-0.15, -0.1) is 0 Å². The lowest BCUT2D eigenvalue weighted by atomic mass is 9.90. The van der Waals surface area contributed by atoms with Crippen LogP contribution in [0.3, 0.4) is 0 Å². The molecule has 12 rings (SSSR count). The number of anilines is 3. The van der Waals surface area contributed by atoms with E-state index >= 15 is 0 Å². The summed E-state index contributed by atoms with van der Waals surface area (Å²) in [5.74, 6) is 0. The second kappa shape index (κ2) is 13.9. The highest BCUT2D eigenvalue weighted by Gasteiger charge is 2.24. The van der Waals surface area contributed by atoms with Crippen molar-refractivity contribution in [2.24, 2.45) is 0 Å². The van der Waals surface area contributed by atoms with Gasteiger partial charge >= 0.3 is 0 Å². The molecule has 0 unspecified atom stereocenters. The molecule has 0 radical (unpaired) electrons. The van der Waals surface area contributed by atoms with Gasteiger partial charge in [-0.3, -0.25) is 0 Å². The Bertz CT molecular complexity index is 3550. The highest BCUT2D eigenvalue weighted by molar-refractivity contribution is 6.27. The summed E-state index contributed by atoms with van der Waals surface area (Å²) in [7, 11) is 0. The molecule has 0 bridgehead atoms. The lowest BCUT2D eigenvalue weighted by Crippen LogP contribution is -2.11. The van der Waals surface area contributed by atoms with Gasteiger partial charge in [0.15, 0.2) is 5.58 Å². The lowest BCUT2D eigenvalue weighted by molar-refractivity contribution is 0.670. The summed E-state index contributed by atoms with van der Waals surface area (Å²) in [4.78, 5) is 2.37. The normalized spacial score (nSPS) is 11.7.